The number of rotatable bonds is 3. The molecule has 1 aliphatic carbocycles. The summed E-state index contributed by atoms with van der Waals surface area (Å²) in [5, 5.41) is 0. The van der Waals surface area contributed by atoms with Crippen molar-refractivity contribution in [3.63, 3.8) is 0 Å². The van der Waals surface area contributed by atoms with Crippen LogP contribution in [-0.2, 0) is 24.1 Å². The highest BCUT2D eigenvalue weighted by molar-refractivity contribution is 5.83. The van der Waals surface area contributed by atoms with Gasteiger partial charge in [0.25, 0.3) is 0 Å². The Morgan fingerprint density at radius 1 is 1.05 bits per heavy atom. The van der Waals surface area contributed by atoms with Crippen molar-refractivity contribution in [2.24, 2.45) is 5.92 Å². The Morgan fingerprint density at radius 3 is 2.55 bits per heavy atom. The van der Waals surface area contributed by atoms with E-state index in [4.69, 9.17) is 0 Å². The summed E-state index contributed by atoms with van der Waals surface area (Å²) >= 11 is 0. The number of halogens is 1. The molecule has 0 aliphatic heterocycles. The molecule has 0 saturated carbocycles. The van der Waals surface area contributed by atoms with Gasteiger partial charge in [0.15, 0.2) is 0 Å². The summed E-state index contributed by atoms with van der Waals surface area (Å²) in [6, 6.07) is 14.8. The number of hydrogen-bond acceptors (Lipinski definition) is 1. The second-order valence-electron chi connectivity index (χ2n) is 5.44. The lowest BCUT2D eigenvalue weighted by atomic mass is 9.80. The van der Waals surface area contributed by atoms with E-state index in [9.17, 15) is 9.18 Å². The van der Waals surface area contributed by atoms with E-state index < -0.39 is 0 Å². The van der Waals surface area contributed by atoms with Gasteiger partial charge < -0.3 is 0 Å². The smallest absolute Gasteiger partial charge is 0.140 e. The van der Waals surface area contributed by atoms with E-state index in [0.29, 0.717) is 5.56 Å². The van der Waals surface area contributed by atoms with E-state index in [-0.39, 0.29) is 23.9 Å². The highest BCUT2D eigenvalue weighted by Gasteiger charge is 2.24. The number of hydrogen-bond donors (Lipinski definition) is 0. The topological polar surface area (TPSA) is 17.1 Å². The molecule has 2 aromatic rings. The molecule has 0 bridgehead atoms. The van der Waals surface area contributed by atoms with Crippen LogP contribution in [-0.4, -0.2) is 5.78 Å². The first-order valence-electron chi connectivity index (χ1n) is 7.07. The van der Waals surface area contributed by atoms with Gasteiger partial charge in [-0.3, -0.25) is 4.79 Å². The molecule has 1 unspecified atom stereocenters. The lowest BCUT2D eigenvalue weighted by Gasteiger charge is -2.23. The van der Waals surface area contributed by atoms with Crippen LogP contribution < -0.4 is 0 Å². The van der Waals surface area contributed by atoms with Gasteiger partial charge in [-0.15, -0.1) is 0 Å². The van der Waals surface area contributed by atoms with Crippen LogP contribution in [0.1, 0.15) is 23.1 Å². The fourth-order valence-corrected chi connectivity index (χ4v) is 2.95. The summed E-state index contributed by atoms with van der Waals surface area (Å²) in [5.74, 6) is -0.0915. The second kappa shape index (κ2) is 5.58. The molecule has 0 amide bonds. The molecule has 1 atom stereocenters. The molecule has 1 nitrogen and oxygen atoms in total. The minimum atomic E-state index is -0.281. The van der Waals surface area contributed by atoms with Crippen molar-refractivity contribution in [3.05, 3.63) is 71.0 Å². The van der Waals surface area contributed by atoms with E-state index in [1.807, 2.05) is 12.1 Å². The summed E-state index contributed by atoms with van der Waals surface area (Å²) in [4.78, 5) is 12.4. The maximum absolute atomic E-state index is 13.6. The molecule has 0 saturated heterocycles. The van der Waals surface area contributed by atoms with Gasteiger partial charge >= 0.3 is 0 Å². The third-order valence-corrected chi connectivity index (χ3v) is 4.12. The Bertz CT molecular complexity index is 633. The summed E-state index contributed by atoms with van der Waals surface area (Å²) in [6.07, 6.45) is 2.83. The zero-order valence-corrected chi connectivity index (χ0v) is 11.3. The van der Waals surface area contributed by atoms with Crippen LogP contribution in [0.2, 0.25) is 0 Å². The number of carbonyl (C=O) groups excluding carboxylic acids is 1. The Kier molecular flexibility index (Phi) is 3.64. The largest absolute Gasteiger partial charge is 0.299 e. The van der Waals surface area contributed by atoms with E-state index in [1.54, 1.807) is 18.2 Å². The highest BCUT2D eigenvalue weighted by Crippen LogP contribution is 2.27. The van der Waals surface area contributed by atoms with Crippen LogP contribution in [0.4, 0.5) is 4.39 Å². The fourth-order valence-electron chi connectivity index (χ4n) is 2.95. The Balaban J connectivity index is 1.72. The summed E-state index contributed by atoms with van der Waals surface area (Å²) in [7, 11) is 0. The molecule has 0 N–H and O–H groups in total. The zero-order valence-electron chi connectivity index (χ0n) is 11.3. The summed E-state index contributed by atoms with van der Waals surface area (Å²) < 4.78 is 13.6. The van der Waals surface area contributed by atoms with Crippen molar-refractivity contribution in [3.8, 4) is 0 Å². The number of ketones is 1. The molecule has 0 spiro atoms. The van der Waals surface area contributed by atoms with Gasteiger partial charge in [-0.05, 0) is 42.0 Å². The molecular formula is C18H17FO. The van der Waals surface area contributed by atoms with Crippen LogP contribution in [0, 0.1) is 11.7 Å². The number of benzene rings is 2. The third kappa shape index (κ3) is 2.64. The van der Waals surface area contributed by atoms with Crippen molar-refractivity contribution in [2.45, 2.75) is 25.7 Å². The summed E-state index contributed by atoms with van der Waals surface area (Å²) in [5.41, 5.74) is 3.13. The zero-order chi connectivity index (χ0) is 13.9. The van der Waals surface area contributed by atoms with Gasteiger partial charge in [0.1, 0.15) is 11.6 Å². The van der Waals surface area contributed by atoms with Crippen LogP contribution in [0.25, 0.3) is 0 Å². The predicted molar refractivity (Wildman–Crippen MR) is 77.1 cm³/mol. The van der Waals surface area contributed by atoms with Gasteiger partial charge in [0, 0.05) is 12.3 Å². The van der Waals surface area contributed by atoms with Gasteiger partial charge in [-0.1, -0.05) is 42.5 Å². The van der Waals surface area contributed by atoms with E-state index in [2.05, 4.69) is 12.1 Å². The molecular weight excluding hydrogens is 251 g/mol. The average Bonchev–Trinajstić information content (AvgIpc) is 2.49. The summed E-state index contributed by atoms with van der Waals surface area (Å²) in [6.45, 7) is 0. The minimum absolute atomic E-state index is 0.0320. The van der Waals surface area contributed by atoms with Crippen molar-refractivity contribution in [2.75, 3.05) is 0 Å². The lowest BCUT2D eigenvalue weighted by molar-refractivity contribution is -0.122. The maximum Gasteiger partial charge on any atom is 0.140 e. The van der Waals surface area contributed by atoms with Crippen molar-refractivity contribution in [1.29, 1.82) is 0 Å². The van der Waals surface area contributed by atoms with Crippen LogP contribution in [0.5, 0.6) is 0 Å². The first-order valence-corrected chi connectivity index (χ1v) is 7.07. The molecule has 0 aromatic heterocycles. The first kappa shape index (κ1) is 13.0. The standard InChI is InChI=1S/C18H17FO/c19-17-8-4-3-7-15(17)12-18(20)16-10-9-13-5-1-2-6-14(13)11-16/h1-8,16H,9-12H2. The molecule has 2 heteroatoms. The average molecular weight is 268 g/mol. The van der Waals surface area contributed by atoms with Crippen LogP contribution >= 0.6 is 0 Å². The van der Waals surface area contributed by atoms with Gasteiger partial charge in [0.05, 0.1) is 0 Å². The normalized spacial score (nSPS) is 17.6. The molecule has 1 aliphatic rings. The Morgan fingerprint density at radius 2 is 1.75 bits per heavy atom. The molecule has 0 heterocycles. The lowest BCUT2D eigenvalue weighted by Crippen LogP contribution is -2.24. The number of carbonyl (C=O) groups is 1. The Hall–Kier alpha value is -1.96. The molecule has 3 rings (SSSR count). The van der Waals surface area contributed by atoms with Crippen molar-refractivity contribution >= 4 is 5.78 Å². The molecule has 0 fully saturated rings. The predicted octanol–water partition coefficient (Wildman–Crippen LogP) is 3.74. The maximum atomic E-state index is 13.6. The third-order valence-electron chi connectivity index (χ3n) is 4.12. The number of fused-ring (bicyclic) bond motifs is 1. The number of Topliss-reactive ketones (excluding diaryl/α,β-unsaturated/α-hetero) is 1. The highest BCUT2D eigenvalue weighted by atomic mass is 19.1. The van der Waals surface area contributed by atoms with Crippen molar-refractivity contribution < 1.29 is 9.18 Å². The molecule has 0 radical (unpaired) electrons. The van der Waals surface area contributed by atoms with Gasteiger partial charge in [-0.25, -0.2) is 4.39 Å². The van der Waals surface area contributed by atoms with Gasteiger partial charge in [0.2, 0.25) is 0 Å². The minimum Gasteiger partial charge on any atom is -0.299 e. The van der Waals surface area contributed by atoms with Crippen LogP contribution in [0.3, 0.4) is 0 Å². The first-order chi connectivity index (χ1) is 9.74. The SMILES string of the molecule is O=C(Cc1ccccc1F)C1CCc2ccccc2C1. The van der Waals surface area contributed by atoms with E-state index in [0.717, 1.165) is 19.3 Å². The van der Waals surface area contributed by atoms with Crippen molar-refractivity contribution in [1.82, 2.24) is 0 Å². The van der Waals surface area contributed by atoms with Crippen LogP contribution in [0.15, 0.2) is 48.5 Å². The second-order valence-corrected chi connectivity index (χ2v) is 5.44. The number of aryl methyl sites for hydroxylation is 1. The fraction of sp³-hybridized carbons (Fsp3) is 0.278. The van der Waals surface area contributed by atoms with E-state index in [1.165, 1.54) is 17.2 Å². The molecule has 102 valence electrons. The quantitative estimate of drug-likeness (QED) is 0.828. The molecule has 20 heavy (non-hydrogen) atoms. The monoisotopic (exact) mass is 268 g/mol. The Labute approximate surface area is 118 Å². The van der Waals surface area contributed by atoms with E-state index >= 15 is 0 Å². The van der Waals surface area contributed by atoms with Gasteiger partial charge in [-0.2, -0.15) is 0 Å². The molecule has 2 aromatic carbocycles.